The Labute approximate surface area is 137 Å². The highest BCUT2D eigenvalue weighted by Crippen LogP contribution is 2.32. The first-order valence-corrected chi connectivity index (χ1v) is 7.27. The average molecular weight is 354 g/mol. The van der Waals surface area contributed by atoms with Gasteiger partial charge in [0, 0.05) is 0 Å². The van der Waals surface area contributed by atoms with Crippen LogP contribution in [-0.4, -0.2) is 41.5 Å². The fourth-order valence-corrected chi connectivity index (χ4v) is 2.41. The number of hydrogen-bond acceptors (Lipinski definition) is 3. The molecule has 0 aromatic heterocycles. The summed E-state index contributed by atoms with van der Waals surface area (Å²) in [4.78, 5) is 24.4. The molecule has 0 saturated carbocycles. The summed E-state index contributed by atoms with van der Waals surface area (Å²) >= 11 is 17.6. The van der Waals surface area contributed by atoms with E-state index in [1.165, 1.54) is 17.0 Å². The average Bonchev–Trinajstić information content (AvgIpc) is 2.36. The second kappa shape index (κ2) is 7.84. The third-order valence-electron chi connectivity index (χ3n) is 2.88. The Morgan fingerprint density at radius 1 is 1.24 bits per heavy atom. The lowest BCUT2D eigenvalue weighted by Gasteiger charge is -2.22. The number of halogens is 3. The molecule has 8 heteroatoms. The Balaban J connectivity index is 2.74. The monoisotopic (exact) mass is 352 g/mol. The highest BCUT2D eigenvalue weighted by Gasteiger charge is 2.22. The van der Waals surface area contributed by atoms with Crippen LogP contribution in [0, 0.1) is 0 Å². The molecule has 1 aromatic rings. The molecule has 0 heterocycles. The van der Waals surface area contributed by atoms with Gasteiger partial charge in [0.25, 0.3) is 0 Å². The van der Waals surface area contributed by atoms with Crippen molar-refractivity contribution in [1.82, 2.24) is 4.90 Å². The maximum Gasteiger partial charge on any atom is 0.320 e. The van der Waals surface area contributed by atoms with Crippen LogP contribution >= 0.6 is 34.8 Å². The number of amides is 1. The fraction of sp³-hybridized carbons (Fsp3) is 0.385. The van der Waals surface area contributed by atoms with Crippen LogP contribution in [0.25, 0.3) is 0 Å². The summed E-state index contributed by atoms with van der Waals surface area (Å²) in [5.41, 5.74) is 0.327. The number of carbonyl (C=O) groups is 2. The van der Waals surface area contributed by atoms with Crippen LogP contribution < -0.4 is 5.32 Å². The Morgan fingerprint density at radius 3 is 2.33 bits per heavy atom. The summed E-state index contributed by atoms with van der Waals surface area (Å²) in [6.07, 6.45) is 0.395. The minimum Gasteiger partial charge on any atom is -0.480 e. The molecule has 1 unspecified atom stereocenters. The number of benzene rings is 1. The molecule has 0 aliphatic heterocycles. The molecule has 5 nitrogen and oxygen atoms in total. The van der Waals surface area contributed by atoms with Gasteiger partial charge in [0.05, 0.1) is 27.3 Å². The van der Waals surface area contributed by atoms with Crippen molar-refractivity contribution in [2.75, 3.05) is 18.9 Å². The van der Waals surface area contributed by atoms with Gasteiger partial charge in [-0.05, 0) is 25.6 Å². The van der Waals surface area contributed by atoms with Crippen molar-refractivity contribution in [2.24, 2.45) is 0 Å². The molecule has 0 saturated heterocycles. The predicted molar refractivity (Wildman–Crippen MR) is 84.4 cm³/mol. The van der Waals surface area contributed by atoms with Crippen LogP contribution in [0.15, 0.2) is 12.1 Å². The first-order chi connectivity index (χ1) is 9.76. The van der Waals surface area contributed by atoms with Crippen molar-refractivity contribution < 1.29 is 14.7 Å². The summed E-state index contributed by atoms with van der Waals surface area (Å²) in [6.45, 7) is 1.66. The Morgan fingerprint density at radius 2 is 1.81 bits per heavy atom. The Bertz CT molecular complexity index is 552. The van der Waals surface area contributed by atoms with Gasteiger partial charge >= 0.3 is 5.97 Å². The van der Waals surface area contributed by atoms with Crippen molar-refractivity contribution >= 4 is 52.4 Å². The molecule has 0 aliphatic rings. The highest BCUT2D eigenvalue weighted by molar-refractivity contribution is 6.44. The summed E-state index contributed by atoms with van der Waals surface area (Å²) in [6, 6.07) is 2.15. The van der Waals surface area contributed by atoms with E-state index in [0.717, 1.165) is 0 Å². The van der Waals surface area contributed by atoms with Crippen molar-refractivity contribution in [1.29, 1.82) is 0 Å². The molecule has 116 valence electrons. The number of carbonyl (C=O) groups excluding carboxylic acids is 1. The number of hydrogen-bond donors (Lipinski definition) is 2. The van der Waals surface area contributed by atoms with E-state index < -0.39 is 17.9 Å². The van der Waals surface area contributed by atoms with Gasteiger partial charge in [-0.25, -0.2) is 0 Å². The maximum absolute atomic E-state index is 11.9. The molecular weight excluding hydrogens is 339 g/mol. The second-order valence-electron chi connectivity index (χ2n) is 4.47. The molecule has 1 amide bonds. The van der Waals surface area contributed by atoms with E-state index in [1.807, 2.05) is 0 Å². The highest BCUT2D eigenvalue weighted by atomic mass is 35.5. The number of nitrogens with one attached hydrogen (secondary N) is 1. The molecule has 1 aromatic carbocycles. The molecule has 2 N–H and O–H groups in total. The summed E-state index contributed by atoms with van der Waals surface area (Å²) < 4.78 is 0. The minimum atomic E-state index is -0.972. The lowest BCUT2D eigenvalue weighted by molar-refractivity contribution is -0.143. The summed E-state index contributed by atoms with van der Waals surface area (Å²) in [5.74, 6) is -1.36. The topological polar surface area (TPSA) is 69.6 Å². The van der Waals surface area contributed by atoms with Crippen LogP contribution in [0.1, 0.15) is 13.3 Å². The van der Waals surface area contributed by atoms with Crippen LogP contribution in [0.5, 0.6) is 0 Å². The number of likely N-dealkylation sites (N-methyl/N-ethyl adjacent to an activating group) is 1. The van der Waals surface area contributed by atoms with Crippen LogP contribution in [0.3, 0.4) is 0 Å². The zero-order chi connectivity index (χ0) is 16.2. The van der Waals surface area contributed by atoms with Gasteiger partial charge in [-0.1, -0.05) is 41.7 Å². The smallest absolute Gasteiger partial charge is 0.320 e. The van der Waals surface area contributed by atoms with E-state index in [0.29, 0.717) is 12.1 Å². The molecule has 1 atom stereocenters. The lowest BCUT2D eigenvalue weighted by atomic mass is 10.2. The van der Waals surface area contributed by atoms with Crippen molar-refractivity contribution in [3.63, 3.8) is 0 Å². The molecule has 0 fully saturated rings. The van der Waals surface area contributed by atoms with Gasteiger partial charge < -0.3 is 10.4 Å². The lowest BCUT2D eigenvalue weighted by Crippen LogP contribution is -2.42. The molecule has 1 rings (SSSR count). The quantitative estimate of drug-likeness (QED) is 0.769. The Kier molecular flexibility index (Phi) is 6.74. The standard InChI is InChI=1S/C13H15Cl3N2O3/c1-3-11(13(20)21)18(2)6-12(19)17-10-5-8(15)7(14)4-9(10)16/h4-5,11H,3,6H2,1-2H3,(H,17,19)(H,20,21). The minimum absolute atomic E-state index is 0.0820. The van der Waals surface area contributed by atoms with Crippen LogP contribution in [-0.2, 0) is 9.59 Å². The van der Waals surface area contributed by atoms with E-state index in [9.17, 15) is 9.59 Å². The second-order valence-corrected chi connectivity index (χ2v) is 5.69. The first kappa shape index (κ1) is 18.0. The zero-order valence-electron chi connectivity index (χ0n) is 11.5. The van der Waals surface area contributed by atoms with Crippen molar-refractivity contribution in [3.8, 4) is 0 Å². The van der Waals surface area contributed by atoms with E-state index in [1.54, 1.807) is 14.0 Å². The van der Waals surface area contributed by atoms with E-state index in [4.69, 9.17) is 39.9 Å². The van der Waals surface area contributed by atoms with Crippen LogP contribution in [0.2, 0.25) is 15.1 Å². The van der Waals surface area contributed by atoms with E-state index in [2.05, 4.69) is 5.32 Å². The fourth-order valence-electron chi connectivity index (χ4n) is 1.82. The number of rotatable bonds is 6. The SMILES string of the molecule is CCC(C(=O)O)N(C)CC(=O)Nc1cc(Cl)c(Cl)cc1Cl. The number of carboxylic acid groups (broad SMARTS) is 1. The van der Waals surface area contributed by atoms with Gasteiger partial charge in [-0.15, -0.1) is 0 Å². The number of carboxylic acids is 1. The predicted octanol–water partition coefficient (Wildman–Crippen LogP) is 3.38. The summed E-state index contributed by atoms with van der Waals surface area (Å²) in [5, 5.41) is 12.4. The third kappa shape index (κ3) is 5.04. The maximum atomic E-state index is 11.9. The van der Waals surface area contributed by atoms with Crippen molar-refractivity contribution in [3.05, 3.63) is 27.2 Å². The molecule has 0 radical (unpaired) electrons. The molecule has 0 spiro atoms. The molecular formula is C13H15Cl3N2O3. The Hall–Kier alpha value is -1.01. The molecule has 21 heavy (non-hydrogen) atoms. The molecule has 0 aliphatic carbocycles. The van der Waals surface area contributed by atoms with Gasteiger partial charge in [-0.3, -0.25) is 14.5 Å². The molecule has 0 bridgehead atoms. The van der Waals surface area contributed by atoms with E-state index >= 15 is 0 Å². The normalized spacial score (nSPS) is 12.3. The zero-order valence-corrected chi connectivity index (χ0v) is 13.8. The number of aliphatic carboxylic acids is 1. The first-order valence-electron chi connectivity index (χ1n) is 6.13. The van der Waals surface area contributed by atoms with Crippen LogP contribution in [0.4, 0.5) is 5.69 Å². The van der Waals surface area contributed by atoms with Crippen molar-refractivity contribution in [2.45, 2.75) is 19.4 Å². The number of nitrogens with zero attached hydrogens (tertiary/aromatic N) is 1. The van der Waals surface area contributed by atoms with Gasteiger partial charge in [-0.2, -0.15) is 0 Å². The number of anilines is 1. The third-order valence-corrected chi connectivity index (χ3v) is 3.92. The summed E-state index contributed by atoms with van der Waals surface area (Å²) in [7, 11) is 1.57. The van der Waals surface area contributed by atoms with Gasteiger partial charge in [0.1, 0.15) is 6.04 Å². The van der Waals surface area contributed by atoms with E-state index in [-0.39, 0.29) is 21.6 Å². The van der Waals surface area contributed by atoms with Gasteiger partial charge in [0.15, 0.2) is 0 Å². The largest absolute Gasteiger partial charge is 0.480 e. The van der Waals surface area contributed by atoms with Gasteiger partial charge in [0.2, 0.25) is 5.91 Å².